The molecule has 1 heterocycles. The lowest BCUT2D eigenvalue weighted by Crippen LogP contribution is -2.54. The molecule has 0 radical (unpaired) electrons. The molecule has 19 heavy (non-hydrogen) atoms. The predicted molar refractivity (Wildman–Crippen MR) is 82.3 cm³/mol. The van der Waals surface area contributed by atoms with Gasteiger partial charge in [-0.3, -0.25) is 4.90 Å². The number of hydrogen-bond donors (Lipinski definition) is 1. The van der Waals surface area contributed by atoms with E-state index in [1.807, 2.05) is 0 Å². The fourth-order valence-electron chi connectivity index (χ4n) is 3.77. The van der Waals surface area contributed by atoms with Crippen LogP contribution in [0.15, 0.2) is 0 Å². The first-order chi connectivity index (χ1) is 9.00. The Balaban J connectivity index is 1.78. The molecule has 2 aliphatic rings. The Bertz CT molecular complexity index is 264. The summed E-state index contributed by atoms with van der Waals surface area (Å²) in [6.07, 6.45) is 5.59. The van der Waals surface area contributed by atoms with Crippen molar-refractivity contribution in [1.29, 1.82) is 0 Å². The smallest absolute Gasteiger partial charge is 0.0126 e. The van der Waals surface area contributed by atoms with Crippen molar-refractivity contribution >= 4 is 0 Å². The quantitative estimate of drug-likeness (QED) is 0.850. The molecule has 0 spiro atoms. The highest BCUT2D eigenvalue weighted by molar-refractivity contribution is 4.84. The maximum atomic E-state index is 5.95. The second kappa shape index (κ2) is 6.55. The number of piperazine rings is 1. The van der Waals surface area contributed by atoms with Crippen molar-refractivity contribution in [3.63, 3.8) is 0 Å². The maximum Gasteiger partial charge on any atom is 0.0126 e. The van der Waals surface area contributed by atoms with E-state index >= 15 is 0 Å². The van der Waals surface area contributed by atoms with Crippen LogP contribution in [0.1, 0.15) is 46.5 Å². The lowest BCUT2D eigenvalue weighted by atomic mass is 9.79. The highest BCUT2D eigenvalue weighted by Gasteiger charge is 2.29. The number of nitrogens with two attached hydrogens (primary N) is 1. The van der Waals surface area contributed by atoms with E-state index in [-0.39, 0.29) is 0 Å². The minimum absolute atomic E-state index is 0.330. The molecule has 0 aromatic rings. The molecule has 1 saturated carbocycles. The largest absolute Gasteiger partial charge is 0.330 e. The molecule has 2 fully saturated rings. The first-order valence-electron chi connectivity index (χ1n) is 8.18. The molecule has 0 amide bonds. The lowest BCUT2D eigenvalue weighted by molar-refractivity contribution is 0.0455. The number of nitrogens with zero attached hydrogens (tertiary/aromatic N) is 2. The molecule has 112 valence electrons. The standard InChI is InChI=1S/C16H33N3/c1-16(2,3)19-10-8-18(9-11-19)13-15-7-5-4-6-14(15)12-17/h14-15H,4-13,17H2,1-3H3. The predicted octanol–water partition coefficient (Wildman–Crippen LogP) is 2.17. The lowest BCUT2D eigenvalue weighted by Gasteiger charge is -2.44. The van der Waals surface area contributed by atoms with Gasteiger partial charge in [0.25, 0.3) is 0 Å². The normalized spacial score (nSPS) is 31.6. The summed E-state index contributed by atoms with van der Waals surface area (Å²) in [5, 5.41) is 0. The van der Waals surface area contributed by atoms with E-state index in [4.69, 9.17) is 5.73 Å². The SMILES string of the molecule is CC(C)(C)N1CCN(CC2CCCCC2CN)CC1. The van der Waals surface area contributed by atoms with Crippen LogP contribution < -0.4 is 5.73 Å². The van der Waals surface area contributed by atoms with E-state index in [1.54, 1.807) is 0 Å². The third-order valence-corrected chi connectivity index (χ3v) is 5.18. The third-order valence-electron chi connectivity index (χ3n) is 5.18. The Morgan fingerprint density at radius 3 is 2.05 bits per heavy atom. The van der Waals surface area contributed by atoms with Gasteiger partial charge >= 0.3 is 0 Å². The summed E-state index contributed by atoms with van der Waals surface area (Å²) in [6.45, 7) is 14.1. The van der Waals surface area contributed by atoms with Crippen molar-refractivity contribution in [2.24, 2.45) is 17.6 Å². The average molecular weight is 267 g/mol. The molecule has 1 aliphatic heterocycles. The molecule has 2 atom stereocenters. The third kappa shape index (κ3) is 4.17. The Morgan fingerprint density at radius 1 is 0.947 bits per heavy atom. The molecule has 3 heteroatoms. The first kappa shape index (κ1) is 15.3. The van der Waals surface area contributed by atoms with Gasteiger partial charge in [-0.25, -0.2) is 0 Å². The number of rotatable bonds is 3. The summed E-state index contributed by atoms with van der Waals surface area (Å²) in [5.41, 5.74) is 6.28. The van der Waals surface area contributed by atoms with Gasteiger partial charge in [0, 0.05) is 38.3 Å². The Morgan fingerprint density at radius 2 is 1.53 bits per heavy atom. The van der Waals surface area contributed by atoms with Crippen LogP contribution in [0.4, 0.5) is 0 Å². The van der Waals surface area contributed by atoms with Crippen molar-refractivity contribution in [1.82, 2.24) is 9.80 Å². The molecule has 0 aromatic heterocycles. The molecule has 2 N–H and O–H groups in total. The summed E-state index contributed by atoms with van der Waals surface area (Å²) in [4.78, 5) is 5.30. The molecular formula is C16H33N3. The van der Waals surface area contributed by atoms with E-state index in [9.17, 15) is 0 Å². The second-order valence-corrected chi connectivity index (χ2v) is 7.50. The molecule has 1 saturated heterocycles. The van der Waals surface area contributed by atoms with Gasteiger partial charge in [0.15, 0.2) is 0 Å². The minimum Gasteiger partial charge on any atom is -0.330 e. The van der Waals surface area contributed by atoms with Crippen LogP contribution in [0.25, 0.3) is 0 Å². The summed E-state index contributed by atoms with van der Waals surface area (Å²) < 4.78 is 0. The van der Waals surface area contributed by atoms with Crippen LogP contribution in [0, 0.1) is 11.8 Å². The van der Waals surface area contributed by atoms with Gasteiger partial charge in [0.2, 0.25) is 0 Å². The van der Waals surface area contributed by atoms with E-state index in [0.717, 1.165) is 18.4 Å². The molecule has 0 aromatic carbocycles. The van der Waals surface area contributed by atoms with E-state index in [1.165, 1.54) is 58.4 Å². The Kier molecular flexibility index (Phi) is 5.27. The summed E-state index contributed by atoms with van der Waals surface area (Å²) in [5.74, 6) is 1.65. The average Bonchev–Trinajstić information content (AvgIpc) is 2.39. The summed E-state index contributed by atoms with van der Waals surface area (Å²) >= 11 is 0. The fourth-order valence-corrected chi connectivity index (χ4v) is 3.77. The maximum absolute atomic E-state index is 5.95. The van der Waals surface area contributed by atoms with Crippen LogP contribution in [-0.2, 0) is 0 Å². The topological polar surface area (TPSA) is 32.5 Å². The first-order valence-corrected chi connectivity index (χ1v) is 8.18. The zero-order valence-electron chi connectivity index (χ0n) is 13.2. The van der Waals surface area contributed by atoms with Gasteiger partial charge in [-0.1, -0.05) is 12.8 Å². The van der Waals surface area contributed by atoms with E-state index in [0.29, 0.717) is 5.54 Å². The van der Waals surface area contributed by atoms with Crippen LogP contribution in [0.3, 0.4) is 0 Å². The minimum atomic E-state index is 0.330. The van der Waals surface area contributed by atoms with Crippen molar-refractivity contribution in [3.8, 4) is 0 Å². The van der Waals surface area contributed by atoms with Crippen molar-refractivity contribution in [3.05, 3.63) is 0 Å². The summed E-state index contributed by atoms with van der Waals surface area (Å²) in [6, 6.07) is 0. The monoisotopic (exact) mass is 267 g/mol. The molecule has 0 bridgehead atoms. The van der Waals surface area contributed by atoms with Gasteiger partial charge in [0.1, 0.15) is 0 Å². The van der Waals surface area contributed by atoms with Crippen LogP contribution in [0.5, 0.6) is 0 Å². The van der Waals surface area contributed by atoms with Crippen LogP contribution >= 0.6 is 0 Å². The van der Waals surface area contributed by atoms with Gasteiger partial charge in [-0.05, 0) is 52.0 Å². The fraction of sp³-hybridized carbons (Fsp3) is 1.00. The molecule has 2 rings (SSSR count). The van der Waals surface area contributed by atoms with Crippen LogP contribution in [0.2, 0.25) is 0 Å². The van der Waals surface area contributed by atoms with Gasteiger partial charge in [0.05, 0.1) is 0 Å². The van der Waals surface area contributed by atoms with E-state index in [2.05, 4.69) is 30.6 Å². The van der Waals surface area contributed by atoms with Crippen molar-refractivity contribution < 1.29 is 0 Å². The zero-order chi connectivity index (χ0) is 13.9. The van der Waals surface area contributed by atoms with E-state index < -0.39 is 0 Å². The zero-order valence-corrected chi connectivity index (χ0v) is 13.2. The molecule has 2 unspecified atom stereocenters. The van der Waals surface area contributed by atoms with Gasteiger partial charge in [-0.2, -0.15) is 0 Å². The van der Waals surface area contributed by atoms with Crippen molar-refractivity contribution in [2.45, 2.75) is 52.0 Å². The van der Waals surface area contributed by atoms with Crippen LogP contribution in [-0.4, -0.2) is 54.6 Å². The second-order valence-electron chi connectivity index (χ2n) is 7.50. The Labute approximate surface area is 119 Å². The number of hydrogen-bond acceptors (Lipinski definition) is 3. The molecular weight excluding hydrogens is 234 g/mol. The van der Waals surface area contributed by atoms with Gasteiger partial charge in [-0.15, -0.1) is 0 Å². The Hall–Kier alpha value is -0.120. The molecule has 3 nitrogen and oxygen atoms in total. The molecule has 1 aliphatic carbocycles. The highest BCUT2D eigenvalue weighted by Crippen LogP contribution is 2.30. The highest BCUT2D eigenvalue weighted by atomic mass is 15.3. The van der Waals surface area contributed by atoms with Crippen molar-refractivity contribution in [2.75, 3.05) is 39.3 Å². The van der Waals surface area contributed by atoms with Gasteiger partial charge < -0.3 is 10.6 Å². The summed E-state index contributed by atoms with van der Waals surface area (Å²) in [7, 11) is 0.